The van der Waals surface area contributed by atoms with Crippen LogP contribution in [0.15, 0.2) is 132 Å². The highest BCUT2D eigenvalue weighted by Crippen LogP contribution is 2.56. The highest BCUT2D eigenvalue weighted by Gasteiger charge is 2.46. The first-order valence-electron chi connectivity index (χ1n) is 16.8. The lowest BCUT2D eigenvalue weighted by Crippen LogP contribution is -2.43. The molecule has 0 fully saturated rings. The van der Waals surface area contributed by atoms with E-state index >= 15 is 0 Å². The molecule has 0 saturated heterocycles. The van der Waals surface area contributed by atoms with Gasteiger partial charge in [-0.15, -0.1) is 0 Å². The minimum atomic E-state index is -0.144. The van der Waals surface area contributed by atoms with E-state index in [1.807, 2.05) is 6.07 Å². The van der Waals surface area contributed by atoms with Gasteiger partial charge in [-0.25, -0.2) is 0 Å². The van der Waals surface area contributed by atoms with Crippen molar-refractivity contribution >= 4 is 39.0 Å². The number of para-hydroxylation sites is 2. The minimum Gasteiger partial charge on any atom is -0.456 e. The van der Waals surface area contributed by atoms with Crippen LogP contribution < -0.4 is 4.90 Å². The van der Waals surface area contributed by atoms with E-state index in [4.69, 9.17) is 4.42 Å². The Hall–Kier alpha value is -5.08. The van der Waals surface area contributed by atoms with Crippen LogP contribution in [0.25, 0.3) is 44.2 Å². The maximum atomic E-state index is 6.38. The van der Waals surface area contributed by atoms with Gasteiger partial charge in [0, 0.05) is 33.2 Å². The third kappa shape index (κ3) is 3.79. The third-order valence-electron chi connectivity index (χ3n) is 11.8. The van der Waals surface area contributed by atoms with E-state index in [-0.39, 0.29) is 16.2 Å². The van der Waals surface area contributed by atoms with E-state index in [1.165, 1.54) is 66.7 Å². The Morgan fingerprint density at radius 2 is 0.979 bits per heavy atom. The summed E-state index contributed by atoms with van der Waals surface area (Å²) in [6.07, 6.45) is 0. The van der Waals surface area contributed by atoms with Gasteiger partial charge in [0.15, 0.2) is 0 Å². The molecule has 0 bridgehead atoms. The van der Waals surface area contributed by atoms with Crippen molar-refractivity contribution in [1.82, 2.24) is 0 Å². The zero-order valence-electron chi connectivity index (χ0n) is 28.0. The zero-order chi connectivity index (χ0) is 32.3. The maximum Gasteiger partial charge on any atom is 0.135 e. The molecule has 47 heavy (non-hydrogen) atoms. The van der Waals surface area contributed by atoms with E-state index in [2.05, 4.69) is 168 Å². The molecular weight excluding hydrogens is 571 g/mol. The second kappa shape index (κ2) is 9.48. The predicted octanol–water partition coefficient (Wildman–Crippen LogP) is 12.6. The van der Waals surface area contributed by atoms with Crippen molar-refractivity contribution in [3.05, 3.63) is 150 Å². The second-order valence-corrected chi connectivity index (χ2v) is 15.0. The van der Waals surface area contributed by atoms with Crippen molar-refractivity contribution in [2.24, 2.45) is 0 Å². The van der Waals surface area contributed by atoms with Crippen LogP contribution in [0.2, 0.25) is 0 Å². The van der Waals surface area contributed by atoms with Gasteiger partial charge < -0.3 is 9.32 Å². The SMILES string of the molecule is CC1(C)c2ccccc2-c2ccc(N(c3ccccc3)c3ccc4c(c3)C(C)(C)C(C)(C)c3cc5oc6ccccc6c5cc3-4)cc21. The summed E-state index contributed by atoms with van der Waals surface area (Å²) >= 11 is 0. The second-order valence-electron chi connectivity index (χ2n) is 15.0. The molecule has 1 heterocycles. The fourth-order valence-corrected chi connectivity index (χ4v) is 8.46. The summed E-state index contributed by atoms with van der Waals surface area (Å²) in [5, 5.41) is 2.35. The van der Waals surface area contributed by atoms with Crippen molar-refractivity contribution in [2.45, 2.75) is 57.8 Å². The standard InChI is InChI=1S/C45H39NO/c1-43(2)37-18-12-10-16-31(37)32-22-20-29(24-38(32)43)46(28-14-8-7-9-15-28)30-21-23-33-35-26-36-34-17-11-13-19-41(34)47-42(36)27-40(35)45(5,6)44(3,4)39(33)25-30/h7-27H,1-6H3. The molecule has 0 N–H and O–H groups in total. The van der Waals surface area contributed by atoms with Crippen LogP contribution in [0.3, 0.4) is 0 Å². The van der Waals surface area contributed by atoms with Gasteiger partial charge in [-0.3, -0.25) is 0 Å². The van der Waals surface area contributed by atoms with Crippen LogP contribution in [0.1, 0.15) is 63.8 Å². The highest BCUT2D eigenvalue weighted by atomic mass is 16.3. The average Bonchev–Trinajstić information content (AvgIpc) is 3.55. The Morgan fingerprint density at radius 3 is 1.72 bits per heavy atom. The molecule has 6 aromatic carbocycles. The monoisotopic (exact) mass is 609 g/mol. The molecule has 7 aromatic rings. The van der Waals surface area contributed by atoms with Crippen LogP contribution in [-0.4, -0.2) is 0 Å². The first-order chi connectivity index (χ1) is 22.6. The molecule has 0 saturated carbocycles. The van der Waals surface area contributed by atoms with E-state index < -0.39 is 0 Å². The summed E-state index contributed by atoms with van der Waals surface area (Å²) in [5.41, 5.74) is 15.8. The van der Waals surface area contributed by atoms with Crippen molar-refractivity contribution in [2.75, 3.05) is 4.90 Å². The molecule has 230 valence electrons. The summed E-state index contributed by atoms with van der Waals surface area (Å²) in [6, 6.07) is 46.9. The largest absolute Gasteiger partial charge is 0.456 e. The van der Waals surface area contributed by atoms with Crippen LogP contribution in [0.5, 0.6) is 0 Å². The molecule has 0 unspecified atom stereocenters. The lowest BCUT2D eigenvalue weighted by atomic mass is 9.55. The number of hydrogen-bond donors (Lipinski definition) is 0. The first kappa shape index (κ1) is 28.2. The van der Waals surface area contributed by atoms with Crippen LogP contribution in [0.4, 0.5) is 17.1 Å². The Kier molecular flexibility index (Phi) is 5.68. The van der Waals surface area contributed by atoms with Crippen molar-refractivity contribution in [3.63, 3.8) is 0 Å². The number of nitrogens with zero attached hydrogens (tertiary/aromatic N) is 1. The fraction of sp³-hybridized carbons (Fsp3) is 0.200. The number of anilines is 3. The molecule has 2 nitrogen and oxygen atoms in total. The topological polar surface area (TPSA) is 16.4 Å². The third-order valence-corrected chi connectivity index (χ3v) is 11.8. The Labute approximate surface area is 277 Å². The number of rotatable bonds is 3. The van der Waals surface area contributed by atoms with Gasteiger partial charge in [0.05, 0.1) is 0 Å². The van der Waals surface area contributed by atoms with Gasteiger partial charge in [0.2, 0.25) is 0 Å². The molecule has 2 heteroatoms. The van der Waals surface area contributed by atoms with Crippen LogP contribution in [0, 0.1) is 0 Å². The lowest BCUT2D eigenvalue weighted by Gasteiger charge is -2.48. The van der Waals surface area contributed by atoms with Crippen molar-refractivity contribution in [3.8, 4) is 22.3 Å². The summed E-state index contributed by atoms with van der Waals surface area (Å²) in [4.78, 5) is 2.44. The molecule has 9 rings (SSSR count). The Bertz CT molecular complexity index is 2390. The smallest absolute Gasteiger partial charge is 0.135 e. The molecule has 0 amide bonds. The van der Waals surface area contributed by atoms with Gasteiger partial charge in [0.25, 0.3) is 0 Å². The molecule has 0 spiro atoms. The highest BCUT2D eigenvalue weighted by molar-refractivity contribution is 6.07. The van der Waals surface area contributed by atoms with Crippen molar-refractivity contribution in [1.29, 1.82) is 0 Å². The van der Waals surface area contributed by atoms with Crippen molar-refractivity contribution < 1.29 is 4.42 Å². The number of furan rings is 1. The normalized spacial score (nSPS) is 16.4. The fourth-order valence-electron chi connectivity index (χ4n) is 8.46. The van der Waals surface area contributed by atoms with Crippen LogP contribution >= 0.6 is 0 Å². The van der Waals surface area contributed by atoms with E-state index in [1.54, 1.807) is 0 Å². The lowest BCUT2D eigenvalue weighted by molar-refractivity contribution is 0.299. The molecule has 2 aliphatic rings. The van der Waals surface area contributed by atoms with Gasteiger partial charge in [-0.1, -0.05) is 114 Å². The number of hydrogen-bond acceptors (Lipinski definition) is 2. The summed E-state index contributed by atoms with van der Waals surface area (Å²) in [7, 11) is 0. The van der Waals surface area contributed by atoms with Gasteiger partial charge >= 0.3 is 0 Å². The number of benzene rings is 6. The minimum absolute atomic E-state index is 0.0710. The average molecular weight is 610 g/mol. The van der Waals surface area contributed by atoms with E-state index in [0.29, 0.717) is 0 Å². The maximum absolute atomic E-state index is 6.38. The molecular formula is C45H39NO. The molecule has 1 aromatic heterocycles. The zero-order valence-corrected chi connectivity index (χ0v) is 28.0. The quantitative estimate of drug-likeness (QED) is 0.198. The Balaban J connectivity index is 1.25. The van der Waals surface area contributed by atoms with E-state index in [0.717, 1.165) is 16.9 Å². The van der Waals surface area contributed by atoms with E-state index in [9.17, 15) is 0 Å². The van der Waals surface area contributed by atoms with Gasteiger partial charge in [-0.2, -0.15) is 0 Å². The number of fused-ring (bicyclic) bond motifs is 9. The molecule has 2 aliphatic carbocycles. The molecule has 0 radical (unpaired) electrons. The van der Waals surface area contributed by atoms with Gasteiger partial charge in [-0.05, 0) is 110 Å². The summed E-state index contributed by atoms with van der Waals surface area (Å²) < 4.78 is 6.38. The summed E-state index contributed by atoms with van der Waals surface area (Å²) in [6.45, 7) is 14.3. The van der Waals surface area contributed by atoms with Gasteiger partial charge in [0.1, 0.15) is 11.2 Å². The predicted molar refractivity (Wildman–Crippen MR) is 197 cm³/mol. The van der Waals surface area contributed by atoms with Crippen LogP contribution in [-0.2, 0) is 16.2 Å². The summed E-state index contributed by atoms with van der Waals surface area (Å²) in [5.74, 6) is 0. The molecule has 0 aliphatic heterocycles. The Morgan fingerprint density at radius 1 is 0.404 bits per heavy atom. The first-order valence-corrected chi connectivity index (χ1v) is 16.8. The molecule has 0 atom stereocenters.